The molecule has 26 heavy (non-hydrogen) atoms. The summed E-state index contributed by atoms with van der Waals surface area (Å²) in [5.41, 5.74) is 1.61. The number of amides is 1. The lowest BCUT2D eigenvalue weighted by atomic mass is 9.90. The van der Waals surface area contributed by atoms with Gasteiger partial charge >= 0.3 is 0 Å². The molecule has 1 amide bonds. The first-order chi connectivity index (χ1) is 12.5. The molecule has 2 atom stereocenters. The summed E-state index contributed by atoms with van der Waals surface area (Å²) in [6.45, 7) is 4.08. The second kappa shape index (κ2) is 6.44. The van der Waals surface area contributed by atoms with Crippen LogP contribution in [0.25, 0.3) is 0 Å². The summed E-state index contributed by atoms with van der Waals surface area (Å²) in [7, 11) is 0. The molecule has 0 fully saturated rings. The Morgan fingerprint density at radius 2 is 2.04 bits per heavy atom. The Labute approximate surface area is 151 Å². The Balaban J connectivity index is 1.76. The van der Waals surface area contributed by atoms with Crippen molar-refractivity contribution >= 4 is 17.4 Å². The van der Waals surface area contributed by atoms with E-state index in [1.807, 2.05) is 44.2 Å². The predicted molar refractivity (Wildman–Crippen MR) is 97.8 cm³/mol. The molecule has 0 saturated carbocycles. The van der Waals surface area contributed by atoms with Crippen LogP contribution in [0.3, 0.4) is 0 Å². The zero-order valence-electron chi connectivity index (χ0n) is 14.6. The molecular formula is C20H20FN3O2. The van der Waals surface area contributed by atoms with Gasteiger partial charge in [-0.15, -0.1) is 0 Å². The van der Waals surface area contributed by atoms with Crippen LogP contribution in [0.2, 0.25) is 0 Å². The third kappa shape index (κ3) is 2.81. The molecule has 5 nitrogen and oxygen atoms in total. The molecule has 2 unspecified atom stereocenters. The van der Waals surface area contributed by atoms with E-state index in [1.165, 1.54) is 12.1 Å². The van der Waals surface area contributed by atoms with Crippen molar-refractivity contribution in [1.82, 2.24) is 5.32 Å². The fourth-order valence-corrected chi connectivity index (χ4v) is 3.36. The average Bonchev–Trinajstić information content (AvgIpc) is 3.00. The summed E-state index contributed by atoms with van der Waals surface area (Å²) in [5.74, 6) is 0.405. The van der Waals surface area contributed by atoms with Gasteiger partial charge in [-0.2, -0.15) is 5.10 Å². The summed E-state index contributed by atoms with van der Waals surface area (Å²) in [4.78, 5) is 12.3. The molecule has 0 bridgehead atoms. The maximum absolute atomic E-state index is 13.8. The number of fused-ring (bicyclic) bond motifs is 3. The quantitative estimate of drug-likeness (QED) is 0.901. The van der Waals surface area contributed by atoms with E-state index < -0.39 is 0 Å². The monoisotopic (exact) mass is 353 g/mol. The molecular weight excluding hydrogens is 333 g/mol. The largest absolute Gasteiger partial charge is 0.489 e. The Morgan fingerprint density at radius 1 is 1.27 bits per heavy atom. The topological polar surface area (TPSA) is 53.9 Å². The highest BCUT2D eigenvalue weighted by molar-refractivity contribution is 6.04. The van der Waals surface area contributed by atoms with Crippen molar-refractivity contribution in [3.05, 3.63) is 59.9 Å². The predicted octanol–water partition coefficient (Wildman–Crippen LogP) is 3.28. The Morgan fingerprint density at radius 3 is 2.77 bits per heavy atom. The number of ether oxygens (including phenoxy) is 1. The van der Waals surface area contributed by atoms with Gasteiger partial charge in [0.25, 0.3) is 0 Å². The van der Waals surface area contributed by atoms with E-state index in [0.29, 0.717) is 23.9 Å². The smallest absolute Gasteiger partial charge is 0.227 e. The molecule has 2 aromatic carbocycles. The summed E-state index contributed by atoms with van der Waals surface area (Å²) >= 11 is 0. The van der Waals surface area contributed by atoms with Crippen molar-refractivity contribution in [3.8, 4) is 5.75 Å². The summed E-state index contributed by atoms with van der Waals surface area (Å²) in [5, 5.41) is 9.37. The fraction of sp³-hybridized carbons (Fsp3) is 0.300. The Bertz CT molecular complexity index is 867. The van der Waals surface area contributed by atoms with E-state index in [9.17, 15) is 9.18 Å². The molecule has 1 N–H and O–H groups in total. The first-order valence-electron chi connectivity index (χ1n) is 8.70. The second-order valence-corrected chi connectivity index (χ2v) is 6.85. The van der Waals surface area contributed by atoms with Crippen molar-refractivity contribution in [3.63, 3.8) is 0 Å². The number of amidine groups is 1. The molecule has 134 valence electrons. The van der Waals surface area contributed by atoms with Gasteiger partial charge in [-0.05, 0) is 17.7 Å². The van der Waals surface area contributed by atoms with Crippen LogP contribution in [-0.2, 0) is 4.79 Å². The van der Waals surface area contributed by atoms with Crippen LogP contribution in [-0.4, -0.2) is 24.4 Å². The van der Waals surface area contributed by atoms with Crippen molar-refractivity contribution in [1.29, 1.82) is 0 Å². The number of hydrogen-bond donors (Lipinski definition) is 1. The van der Waals surface area contributed by atoms with E-state index >= 15 is 0 Å². The molecule has 4 rings (SSSR count). The van der Waals surface area contributed by atoms with Crippen LogP contribution in [0, 0.1) is 11.7 Å². The van der Waals surface area contributed by atoms with Crippen LogP contribution < -0.4 is 15.1 Å². The lowest BCUT2D eigenvalue weighted by molar-refractivity contribution is -0.122. The lowest BCUT2D eigenvalue weighted by Gasteiger charge is -2.33. The number of rotatable bonds is 2. The second-order valence-electron chi connectivity index (χ2n) is 6.85. The van der Waals surface area contributed by atoms with Crippen molar-refractivity contribution in [2.45, 2.75) is 25.8 Å². The van der Waals surface area contributed by atoms with E-state index in [2.05, 4.69) is 10.4 Å². The van der Waals surface area contributed by atoms with Gasteiger partial charge in [0.15, 0.2) is 0 Å². The van der Waals surface area contributed by atoms with E-state index in [-0.39, 0.29) is 29.6 Å². The minimum atomic E-state index is -0.348. The third-order valence-corrected chi connectivity index (χ3v) is 4.72. The maximum Gasteiger partial charge on any atom is 0.227 e. The highest BCUT2D eigenvalue weighted by atomic mass is 19.1. The highest BCUT2D eigenvalue weighted by Gasteiger charge is 2.43. The first kappa shape index (κ1) is 16.6. The molecule has 2 aliphatic heterocycles. The number of anilines is 1. The van der Waals surface area contributed by atoms with E-state index in [1.54, 1.807) is 11.1 Å². The number of benzene rings is 2. The number of halogens is 1. The molecule has 0 aliphatic carbocycles. The van der Waals surface area contributed by atoms with Gasteiger partial charge in [0.1, 0.15) is 35.7 Å². The first-order valence-corrected chi connectivity index (χ1v) is 8.70. The van der Waals surface area contributed by atoms with Crippen molar-refractivity contribution in [2.24, 2.45) is 11.0 Å². The normalized spacial score (nSPS) is 20.9. The number of nitrogens with one attached hydrogen (secondary N) is 1. The van der Waals surface area contributed by atoms with Gasteiger partial charge < -0.3 is 10.1 Å². The molecule has 6 heteroatoms. The van der Waals surface area contributed by atoms with Crippen molar-refractivity contribution in [2.75, 3.05) is 11.6 Å². The molecule has 2 aromatic rings. The van der Waals surface area contributed by atoms with Crippen LogP contribution >= 0.6 is 0 Å². The molecule has 0 spiro atoms. The van der Waals surface area contributed by atoms with Gasteiger partial charge in [-0.3, -0.25) is 9.80 Å². The Hall–Kier alpha value is -2.89. The van der Waals surface area contributed by atoms with Crippen LogP contribution in [0.1, 0.15) is 25.3 Å². The fourth-order valence-electron chi connectivity index (χ4n) is 3.36. The van der Waals surface area contributed by atoms with E-state index in [4.69, 9.17) is 4.74 Å². The number of carbonyl (C=O) groups is 1. The van der Waals surface area contributed by atoms with Crippen LogP contribution in [0.4, 0.5) is 10.1 Å². The van der Waals surface area contributed by atoms with Gasteiger partial charge in [-0.25, -0.2) is 4.39 Å². The number of hydrogen-bond acceptors (Lipinski definition) is 4. The van der Waals surface area contributed by atoms with Crippen LogP contribution in [0.5, 0.6) is 5.75 Å². The summed E-state index contributed by atoms with van der Waals surface area (Å²) in [6.07, 6.45) is 0. The van der Waals surface area contributed by atoms with Crippen molar-refractivity contribution < 1.29 is 13.9 Å². The molecule has 2 aliphatic rings. The van der Waals surface area contributed by atoms with Crippen LogP contribution in [0.15, 0.2) is 53.6 Å². The zero-order valence-corrected chi connectivity index (χ0v) is 14.6. The van der Waals surface area contributed by atoms with Gasteiger partial charge in [-0.1, -0.05) is 44.2 Å². The molecule has 0 aromatic heterocycles. The lowest BCUT2D eigenvalue weighted by Crippen LogP contribution is -2.43. The zero-order chi connectivity index (χ0) is 18.3. The minimum absolute atomic E-state index is 0.0927. The third-order valence-electron chi connectivity index (χ3n) is 4.72. The average molecular weight is 353 g/mol. The summed E-state index contributed by atoms with van der Waals surface area (Å²) < 4.78 is 19.6. The number of carbonyl (C=O) groups excluding carboxylic acids is 1. The molecule has 2 heterocycles. The van der Waals surface area contributed by atoms with Gasteiger partial charge in [0.05, 0.1) is 5.92 Å². The minimum Gasteiger partial charge on any atom is -0.489 e. The number of hydrazone groups is 1. The highest BCUT2D eigenvalue weighted by Crippen LogP contribution is 2.42. The Kier molecular flexibility index (Phi) is 4.11. The standard InChI is InChI=1S/C20H20FN3O2/c1-12(2)20(25)22-19-18(13-6-4-3-5-7-13)16-11-26-17-9-8-14(21)10-15(17)24(16)23-19/h3-10,12,16,18H,11H2,1-2H3,(H,22,23,25). The number of nitrogens with zero attached hydrogens (tertiary/aromatic N) is 2. The van der Waals surface area contributed by atoms with Gasteiger partial charge in [0, 0.05) is 12.0 Å². The van der Waals surface area contributed by atoms with Gasteiger partial charge in [0.2, 0.25) is 5.91 Å². The SMILES string of the molecule is CC(C)C(=O)NC1=NN2c3cc(F)ccc3OCC2C1c1ccccc1. The molecule has 0 saturated heterocycles. The maximum atomic E-state index is 13.8. The summed E-state index contributed by atoms with van der Waals surface area (Å²) in [6, 6.07) is 14.1. The molecule has 0 radical (unpaired) electrons. The van der Waals surface area contributed by atoms with E-state index in [0.717, 1.165) is 5.56 Å².